The Bertz CT molecular complexity index is 718. The first-order chi connectivity index (χ1) is 11.2. The van der Waals surface area contributed by atoms with E-state index in [0.29, 0.717) is 5.92 Å². The van der Waals surface area contributed by atoms with Crippen LogP contribution in [-0.4, -0.2) is 52.1 Å². The Labute approximate surface area is 133 Å². The van der Waals surface area contributed by atoms with Gasteiger partial charge in [-0.1, -0.05) is 0 Å². The molecule has 2 fully saturated rings. The quantitative estimate of drug-likeness (QED) is 0.919. The maximum Gasteiger partial charge on any atom is 0.407 e. The zero-order valence-corrected chi connectivity index (χ0v) is 13.1. The van der Waals surface area contributed by atoms with Gasteiger partial charge in [0.15, 0.2) is 11.5 Å². The standard InChI is InChI=1S/C15H20N6O2/c1-23-15(22)16-11-6-8-20(9-7-11)13-5-4-12-17-18-14(10-2-3-10)21(12)19-13/h4-5,10-11H,2-3,6-9H2,1H3,(H,16,22). The fraction of sp³-hybridized carbons (Fsp3) is 0.600. The zero-order valence-electron chi connectivity index (χ0n) is 13.1. The molecule has 1 saturated carbocycles. The lowest BCUT2D eigenvalue weighted by Gasteiger charge is -2.32. The lowest BCUT2D eigenvalue weighted by Crippen LogP contribution is -2.45. The molecule has 0 atom stereocenters. The number of hydrogen-bond acceptors (Lipinski definition) is 6. The van der Waals surface area contributed by atoms with Crippen molar-refractivity contribution < 1.29 is 9.53 Å². The normalized spacial score (nSPS) is 19.1. The molecule has 8 heteroatoms. The summed E-state index contributed by atoms with van der Waals surface area (Å²) in [5, 5.41) is 16.1. The van der Waals surface area contributed by atoms with Crippen molar-refractivity contribution in [2.45, 2.75) is 37.6 Å². The van der Waals surface area contributed by atoms with Gasteiger partial charge in [0.05, 0.1) is 7.11 Å². The molecule has 1 aliphatic carbocycles. The van der Waals surface area contributed by atoms with E-state index in [4.69, 9.17) is 5.10 Å². The summed E-state index contributed by atoms with van der Waals surface area (Å²) in [7, 11) is 1.39. The van der Waals surface area contributed by atoms with Gasteiger partial charge in [0.1, 0.15) is 5.82 Å². The van der Waals surface area contributed by atoms with Crippen molar-refractivity contribution in [1.29, 1.82) is 0 Å². The molecule has 0 bridgehead atoms. The molecule has 3 heterocycles. The van der Waals surface area contributed by atoms with Gasteiger partial charge in [-0.15, -0.1) is 15.3 Å². The van der Waals surface area contributed by atoms with Gasteiger partial charge in [-0.05, 0) is 37.8 Å². The monoisotopic (exact) mass is 316 g/mol. The number of hydrogen-bond donors (Lipinski definition) is 1. The molecule has 1 aliphatic heterocycles. The number of ether oxygens (including phenoxy) is 1. The van der Waals surface area contributed by atoms with Crippen LogP contribution >= 0.6 is 0 Å². The second-order valence-corrected chi connectivity index (χ2v) is 6.19. The van der Waals surface area contributed by atoms with Crippen molar-refractivity contribution >= 4 is 17.6 Å². The van der Waals surface area contributed by atoms with Crippen LogP contribution in [0.4, 0.5) is 10.6 Å². The zero-order chi connectivity index (χ0) is 15.8. The highest BCUT2D eigenvalue weighted by molar-refractivity contribution is 5.67. The predicted octanol–water partition coefficient (Wildman–Crippen LogP) is 1.33. The Hall–Kier alpha value is -2.38. The summed E-state index contributed by atoms with van der Waals surface area (Å²) >= 11 is 0. The average molecular weight is 316 g/mol. The molecule has 0 radical (unpaired) electrons. The van der Waals surface area contributed by atoms with Gasteiger partial charge in [0.25, 0.3) is 0 Å². The minimum absolute atomic E-state index is 0.166. The fourth-order valence-electron chi connectivity index (χ4n) is 3.04. The molecular weight excluding hydrogens is 296 g/mol. The first kappa shape index (κ1) is 14.2. The maximum atomic E-state index is 11.3. The van der Waals surface area contributed by atoms with Gasteiger partial charge < -0.3 is 15.0 Å². The number of carbonyl (C=O) groups is 1. The minimum atomic E-state index is -0.360. The summed E-state index contributed by atoms with van der Waals surface area (Å²) in [6, 6.07) is 4.13. The van der Waals surface area contributed by atoms with E-state index in [9.17, 15) is 4.79 Å². The van der Waals surface area contributed by atoms with Crippen LogP contribution in [0, 0.1) is 0 Å². The van der Waals surface area contributed by atoms with E-state index in [-0.39, 0.29) is 12.1 Å². The second-order valence-electron chi connectivity index (χ2n) is 6.19. The van der Waals surface area contributed by atoms with Crippen molar-refractivity contribution in [3.8, 4) is 0 Å². The summed E-state index contributed by atoms with van der Waals surface area (Å²) in [5.41, 5.74) is 0.804. The van der Waals surface area contributed by atoms with Crippen LogP contribution in [0.25, 0.3) is 5.65 Å². The first-order valence-electron chi connectivity index (χ1n) is 8.06. The number of carbonyl (C=O) groups excluding carboxylic acids is 1. The van der Waals surface area contributed by atoms with E-state index in [0.717, 1.165) is 43.2 Å². The Morgan fingerprint density at radius 1 is 1.22 bits per heavy atom. The number of amides is 1. The third-order valence-electron chi connectivity index (χ3n) is 4.54. The van der Waals surface area contributed by atoms with E-state index in [1.54, 1.807) is 0 Å². The van der Waals surface area contributed by atoms with Gasteiger partial charge >= 0.3 is 6.09 Å². The van der Waals surface area contributed by atoms with Crippen molar-refractivity contribution in [3.63, 3.8) is 0 Å². The van der Waals surface area contributed by atoms with Crippen LogP contribution in [0.5, 0.6) is 0 Å². The molecule has 0 spiro atoms. The third-order valence-corrected chi connectivity index (χ3v) is 4.54. The summed E-state index contributed by atoms with van der Waals surface area (Å²) in [5.74, 6) is 2.43. The topological polar surface area (TPSA) is 84.6 Å². The highest BCUT2D eigenvalue weighted by Gasteiger charge is 2.29. The number of alkyl carbamates (subject to hydrolysis) is 1. The average Bonchev–Trinajstić information content (AvgIpc) is 3.34. The van der Waals surface area contributed by atoms with Crippen LogP contribution in [0.15, 0.2) is 12.1 Å². The fourth-order valence-corrected chi connectivity index (χ4v) is 3.04. The van der Waals surface area contributed by atoms with E-state index >= 15 is 0 Å². The van der Waals surface area contributed by atoms with Crippen LogP contribution < -0.4 is 10.2 Å². The number of nitrogens with zero attached hydrogens (tertiary/aromatic N) is 5. The van der Waals surface area contributed by atoms with Crippen LogP contribution in [0.2, 0.25) is 0 Å². The van der Waals surface area contributed by atoms with Gasteiger partial charge in [-0.25, -0.2) is 4.79 Å². The van der Waals surface area contributed by atoms with Crippen molar-refractivity contribution in [1.82, 2.24) is 25.1 Å². The van der Waals surface area contributed by atoms with Crippen LogP contribution in [0.1, 0.15) is 37.4 Å². The third kappa shape index (κ3) is 2.80. The van der Waals surface area contributed by atoms with Crippen molar-refractivity contribution in [2.24, 2.45) is 0 Å². The van der Waals surface area contributed by atoms with Crippen molar-refractivity contribution in [2.75, 3.05) is 25.1 Å². The summed E-state index contributed by atoms with van der Waals surface area (Å²) in [4.78, 5) is 13.5. The lowest BCUT2D eigenvalue weighted by molar-refractivity contribution is 0.164. The Morgan fingerprint density at radius 2 is 2.00 bits per heavy atom. The molecule has 1 saturated heterocycles. The molecule has 1 amide bonds. The number of aromatic nitrogens is 4. The van der Waals surface area contributed by atoms with Gasteiger partial charge in [0, 0.05) is 25.0 Å². The molecular formula is C15H20N6O2. The number of nitrogens with one attached hydrogen (secondary N) is 1. The smallest absolute Gasteiger partial charge is 0.407 e. The molecule has 2 aliphatic rings. The van der Waals surface area contributed by atoms with Crippen LogP contribution in [0.3, 0.4) is 0 Å². The Balaban J connectivity index is 1.47. The number of anilines is 1. The number of methoxy groups -OCH3 is 1. The first-order valence-corrected chi connectivity index (χ1v) is 8.06. The number of rotatable bonds is 3. The van der Waals surface area contributed by atoms with E-state index in [1.807, 2.05) is 16.6 Å². The second kappa shape index (κ2) is 5.68. The molecule has 2 aromatic rings. The summed E-state index contributed by atoms with van der Waals surface area (Å²) < 4.78 is 6.53. The summed E-state index contributed by atoms with van der Waals surface area (Å²) in [6.07, 6.45) is 3.76. The number of piperidine rings is 1. The molecule has 2 aromatic heterocycles. The molecule has 1 N–H and O–H groups in total. The van der Waals surface area contributed by atoms with Gasteiger partial charge in [-0.2, -0.15) is 4.52 Å². The largest absolute Gasteiger partial charge is 0.453 e. The number of fused-ring (bicyclic) bond motifs is 1. The van der Waals surface area contributed by atoms with Crippen LogP contribution in [-0.2, 0) is 4.74 Å². The molecule has 4 rings (SSSR count). The molecule has 8 nitrogen and oxygen atoms in total. The van der Waals surface area contributed by atoms with Crippen molar-refractivity contribution in [3.05, 3.63) is 18.0 Å². The maximum absolute atomic E-state index is 11.3. The highest BCUT2D eigenvalue weighted by Crippen LogP contribution is 2.38. The molecule has 0 aromatic carbocycles. The van der Waals surface area contributed by atoms with E-state index < -0.39 is 0 Å². The molecule has 122 valence electrons. The minimum Gasteiger partial charge on any atom is -0.453 e. The predicted molar refractivity (Wildman–Crippen MR) is 83.5 cm³/mol. The highest BCUT2D eigenvalue weighted by atomic mass is 16.5. The molecule has 23 heavy (non-hydrogen) atoms. The molecule has 0 unspecified atom stereocenters. The van der Waals surface area contributed by atoms with E-state index in [2.05, 4.69) is 25.2 Å². The SMILES string of the molecule is COC(=O)NC1CCN(c2ccc3nnc(C4CC4)n3n2)CC1. The van der Waals surface area contributed by atoms with Gasteiger partial charge in [-0.3, -0.25) is 0 Å². The lowest BCUT2D eigenvalue weighted by atomic mass is 10.1. The van der Waals surface area contributed by atoms with E-state index in [1.165, 1.54) is 20.0 Å². The van der Waals surface area contributed by atoms with Gasteiger partial charge in [0.2, 0.25) is 0 Å². The summed E-state index contributed by atoms with van der Waals surface area (Å²) in [6.45, 7) is 1.71. The Kier molecular flexibility index (Phi) is 3.51. The Morgan fingerprint density at radius 3 is 2.70 bits per heavy atom.